The molecule has 0 amide bonds. The first kappa shape index (κ1) is 16.0. The molecule has 0 spiro atoms. The van der Waals surface area contributed by atoms with Crippen LogP contribution >= 0.6 is 15.9 Å². The van der Waals surface area contributed by atoms with E-state index in [-0.39, 0.29) is 0 Å². The second kappa shape index (κ2) is 8.20. The van der Waals surface area contributed by atoms with Crippen LogP contribution in [-0.4, -0.2) is 23.0 Å². The van der Waals surface area contributed by atoms with Crippen molar-refractivity contribution in [2.45, 2.75) is 33.4 Å². The van der Waals surface area contributed by atoms with Gasteiger partial charge in [-0.3, -0.25) is 4.68 Å². The van der Waals surface area contributed by atoms with Crippen LogP contribution in [0.3, 0.4) is 0 Å². The Bertz CT molecular complexity index is 555. The van der Waals surface area contributed by atoms with Crippen molar-refractivity contribution >= 4 is 15.9 Å². The van der Waals surface area contributed by atoms with Crippen molar-refractivity contribution in [1.29, 1.82) is 0 Å². The summed E-state index contributed by atoms with van der Waals surface area (Å²) in [6.07, 6.45) is 0.914. The first-order chi connectivity index (χ1) is 10.3. The summed E-state index contributed by atoms with van der Waals surface area (Å²) in [4.78, 5) is 0. The highest BCUT2D eigenvalue weighted by Crippen LogP contribution is 2.23. The van der Waals surface area contributed by atoms with Crippen molar-refractivity contribution in [3.8, 4) is 5.75 Å². The average molecular weight is 353 g/mol. The lowest BCUT2D eigenvalue weighted by atomic mass is 10.3. The van der Waals surface area contributed by atoms with Gasteiger partial charge in [0.25, 0.3) is 0 Å². The van der Waals surface area contributed by atoms with Crippen LogP contribution in [0.2, 0.25) is 0 Å². The van der Waals surface area contributed by atoms with Crippen LogP contribution in [-0.2, 0) is 24.3 Å². The molecule has 0 bridgehead atoms. The Labute approximate surface area is 134 Å². The molecule has 0 unspecified atom stereocenters. The van der Waals surface area contributed by atoms with Gasteiger partial charge in [-0.1, -0.05) is 25.1 Å². The fraction of sp³-hybridized carbons (Fsp3) is 0.438. The number of nitrogens with zero attached hydrogens (tertiary/aromatic N) is 2. The van der Waals surface area contributed by atoms with Crippen molar-refractivity contribution in [3.63, 3.8) is 0 Å². The van der Waals surface area contributed by atoms with Gasteiger partial charge in [-0.05, 0) is 41.4 Å². The van der Waals surface area contributed by atoms with Crippen molar-refractivity contribution in [1.82, 2.24) is 9.78 Å². The third-order valence-corrected chi connectivity index (χ3v) is 4.09. The van der Waals surface area contributed by atoms with Gasteiger partial charge < -0.3 is 9.47 Å². The van der Waals surface area contributed by atoms with Gasteiger partial charge in [0.15, 0.2) is 0 Å². The molecule has 2 rings (SSSR count). The molecule has 21 heavy (non-hydrogen) atoms. The van der Waals surface area contributed by atoms with Gasteiger partial charge in [-0.15, -0.1) is 0 Å². The molecule has 4 nitrogen and oxygen atoms in total. The van der Waals surface area contributed by atoms with Crippen molar-refractivity contribution in [2.75, 3.05) is 13.2 Å². The highest BCUT2D eigenvalue weighted by Gasteiger charge is 2.13. The number of aromatic nitrogens is 2. The van der Waals surface area contributed by atoms with E-state index >= 15 is 0 Å². The zero-order chi connectivity index (χ0) is 15.1. The minimum absolute atomic E-state index is 0.541. The van der Waals surface area contributed by atoms with Crippen molar-refractivity contribution < 1.29 is 9.47 Å². The Morgan fingerprint density at radius 2 is 1.90 bits per heavy atom. The third kappa shape index (κ3) is 4.32. The maximum absolute atomic E-state index is 5.71. The van der Waals surface area contributed by atoms with Crippen molar-refractivity contribution in [2.24, 2.45) is 0 Å². The normalized spacial score (nSPS) is 10.8. The van der Waals surface area contributed by atoms with E-state index in [9.17, 15) is 0 Å². The second-order valence-electron chi connectivity index (χ2n) is 4.59. The van der Waals surface area contributed by atoms with Crippen LogP contribution in [0, 0.1) is 0 Å². The Morgan fingerprint density at radius 3 is 2.57 bits per heavy atom. The van der Waals surface area contributed by atoms with Crippen LogP contribution in [0.15, 0.2) is 34.8 Å². The molecule has 0 saturated carbocycles. The van der Waals surface area contributed by atoms with E-state index in [0.29, 0.717) is 19.8 Å². The number of aryl methyl sites for hydroxylation is 2. The molecule has 0 aliphatic heterocycles. The van der Waals surface area contributed by atoms with E-state index in [1.165, 1.54) is 0 Å². The largest absolute Gasteiger partial charge is 0.491 e. The predicted octanol–water partition coefficient (Wildman–Crippen LogP) is 3.82. The van der Waals surface area contributed by atoms with E-state index in [4.69, 9.17) is 9.47 Å². The standard InChI is InChI=1S/C16H21BrN2O2/c1-3-14-16(17)15(19(4-2)18-14)12-20-10-11-21-13-8-6-5-7-9-13/h5-9H,3-4,10-12H2,1-2H3. The van der Waals surface area contributed by atoms with Gasteiger partial charge in [-0.2, -0.15) is 5.10 Å². The second-order valence-corrected chi connectivity index (χ2v) is 5.38. The molecule has 0 radical (unpaired) electrons. The molecule has 1 aromatic carbocycles. The molecule has 0 aliphatic carbocycles. The Balaban J connectivity index is 1.79. The first-order valence-corrected chi connectivity index (χ1v) is 8.05. The van der Waals surface area contributed by atoms with Crippen LogP contribution < -0.4 is 4.74 Å². The van der Waals surface area contributed by atoms with Gasteiger partial charge in [0.05, 0.1) is 29.1 Å². The average Bonchev–Trinajstić information content (AvgIpc) is 2.84. The number of ether oxygens (including phenoxy) is 2. The summed E-state index contributed by atoms with van der Waals surface area (Å²) in [5.41, 5.74) is 2.17. The van der Waals surface area contributed by atoms with E-state index in [1.54, 1.807) is 0 Å². The summed E-state index contributed by atoms with van der Waals surface area (Å²) < 4.78 is 14.4. The summed E-state index contributed by atoms with van der Waals surface area (Å²) in [6, 6.07) is 9.77. The molecule has 5 heteroatoms. The molecule has 2 aromatic rings. The van der Waals surface area contributed by atoms with Gasteiger partial charge in [0.1, 0.15) is 12.4 Å². The maximum atomic E-state index is 5.71. The molecular formula is C16H21BrN2O2. The van der Waals surface area contributed by atoms with Gasteiger partial charge in [0.2, 0.25) is 0 Å². The molecular weight excluding hydrogens is 332 g/mol. The molecule has 0 saturated heterocycles. The molecule has 0 N–H and O–H groups in total. The topological polar surface area (TPSA) is 36.3 Å². The van der Waals surface area contributed by atoms with Gasteiger partial charge in [-0.25, -0.2) is 0 Å². The number of hydrogen-bond acceptors (Lipinski definition) is 3. The number of hydrogen-bond donors (Lipinski definition) is 0. The smallest absolute Gasteiger partial charge is 0.119 e. The maximum Gasteiger partial charge on any atom is 0.119 e. The van der Waals surface area contributed by atoms with Gasteiger partial charge in [0, 0.05) is 6.54 Å². The van der Waals surface area contributed by atoms with Crippen LogP contribution in [0.4, 0.5) is 0 Å². The summed E-state index contributed by atoms with van der Waals surface area (Å²) in [6.45, 7) is 6.67. The van der Waals surface area contributed by atoms with E-state index in [2.05, 4.69) is 34.9 Å². The summed E-state index contributed by atoms with van der Waals surface area (Å²) in [5, 5.41) is 4.55. The van der Waals surface area contributed by atoms with E-state index in [1.807, 2.05) is 35.0 Å². The molecule has 0 atom stereocenters. The zero-order valence-corrected chi connectivity index (χ0v) is 14.1. The lowest BCUT2D eigenvalue weighted by Gasteiger charge is -2.08. The minimum Gasteiger partial charge on any atom is -0.491 e. The van der Waals surface area contributed by atoms with E-state index in [0.717, 1.165) is 34.6 Å². The number of halogens is 1. The molecule has 0 fully saturated rings. The quantitative estimate of drug-likeness (QED) is 0.677. The fourth-order valence-electron chi connectivity index (χ4n) is 2.06. The first-order valence-electron chi connectivity index (χ1n) is 7.25. The van der Waals surface area contributed by atoms with Crippen molar-refractivity contribution in [3.05, 3.63) is 46.2 Å². The van der Waals surface area contributed by atoms with Crippen LogP contribution in [0.25, 0.3) is 0 Å². The highest BCUT2D eigenvalue weighted by atomic mass is 79.9. The Morgan fingerprint density at radius 1 is 1.14 bits per heavy atom. The van der Waals surface area contributed by atoms with Crippen LogP contribution in [0.1, 0.15) is 25.2 Å². The molecule has 1 aromatic heterocycles. The molecule has 0 aliphatic rings. The third-order valence-electron chi connectivity index (χ3n) is 3.17. The fourth-order valence-corrected chi connectivity index (χ4v) is 2.74. The van der Waals surface area contributed by atoms with Gasteiger partial charge >= 0.3 is 0 Å². The van der Waals surface area contributed by atoms with Crippen LogP contribution in [0.5, 0.6) is 5.75 Å². The summed E-state index contributed by atoms with van der Waals surface area (Å²) in [5.74, 6) is 0.870. The lowest BCUT2D eigenvalue weighted by Crippen LogP contribution is -2.09. The molecule has 1 heterocycles. The lowest BCUT2D eigenvalue weighted by molar-refractivity contribution is 0.0843. The zero-order valence-electron chi connectivity index (χ0n) is 12.5. The Kier molecular flexibility index (Phi) is 6.26. The summed E-state index contributed by atoms with van der Waals surface area (Å²) >= 11 is 3.61. The monoisotopic (exact) mass is 352 g/mol. The number of rotatable bonds is 8. The highest BCUT2D eigenvalue weighted by molar-refractivity contribution is 9.10. The summed E-state index contributed by atoms with van der Waals surface area (Å²) in [7, 11) is 0. The van der Waals surface area contributed by atoms with E-state index < -0.39 is 0 Å². The number of para-hydroxylation sites is 1. The number of benzene rings is 1. The predicted molar refractivity (Wildman–Crippen MR) is 86.6 cm³/mol. The SMILES string of the molecule is CCc1nn(CC)c(COCCOc2ccccc2)c1Br. The Hall–Kier alpha value is -1.33. The molecule has 114 valence electrons. The minimum atomic E-state index is 0.541.